The number of rotatable bonds is 2. The summed E-state index contributed by atoms with van der Waals surface area (Å²) in [6, 6.07) is 7.57. The van der Waals surface area contributed by atoms with Gasteiger partial charge in [0.2, 0.25) is 0 Å². The lowest BCUT2D eigenvalue weighted by molar-refractivity contribution is 0.0532. The Hall–Kier alpha value is -2.76. The molecule has 118 valence electrons. The molecule has 2 aromatic rings. The summed E-state index contributed by atoms with van der Waals surface area (Å²) in [5.74, 6) is -0.124. The third kappa shape index (κ3) is 3.36. The normalized spacial score (nSPS) is 14.7. The number of amides is 2. The molecule has 23 heavy (non-hydrogen) atoms. The molecule has 0 radical (unpaired) electrons. The second-order valence-corrected chi connectivity index (χ2v) is 5.54. The Bertz CT molecular complexity index is 710. The maximum absolute atomic E-state index is 12.5. The molecule has 6 nitrogen and oxygen atoms in total. The van der Waals surface area contributed by atoms with Gasteiger partial charge in [0.15, 0.2) is 0 Å². The number of aromatic nitrogens is 2. The van der Waals surface area contributed by atoms with E-state index in [1.165, 1.54) is 18.6 Å². The summed E-state index contributed by atoms with van der Waals surface area (Å²) in [5, 5.41) is 0. The van der Waals surface area contributed by atoms with E-state index in [1.807, 2.05) is 31.2 Å². The largest absolute Gasteiger partial charge is 0.335 e. The molecular weight excluding hydrogens is 292 g/mol. The second kappa shape index (κ2) is 6.56. The lowest BCUT2D eigenvalue weighted by Crippen LogP contribution is -2.50. The fourth-order valence-corrected chi connectivity index (χ4v) is 2.64. The minimum Gasteiger partial charge on any atom is -0.335 e. The van der Waals surface area contributed by atoms with Crippen LogP contribution in [0.4, 0.5) is 0 Å². The van der Waals surface area contributed by atoms with Crippen LogP contribution < -0.4 is 0 Å². The van der Waals surface area contributed by atoms with Crippen LogP contribution in [-0.2, 0) is 0 Å². The quantitative estimate of drug-likeness (QED) is 0.840. The van der Waals surface area contributed by atoms with Crippen LogP contribution in [0.3, 0.4) is 0 Å². The third-order valence-electron chi connectivity index (χ3n) is 3.90. The van der Waals surface area contributed by atoms with Crippen LogP contribution in [0.2, 0.25) is 0 Å². The van der Waals surface area contributed by atoms with Gasteiger partial charge in [0, 0.05) is 44.1 Å². The maximum Gasteiger partial charge on any atom is 0.274 e. The number of carbonyl (C=O) groups excluding carboxylic acids is 2. The average Bonchev–Trinajstić information content (AvgIpc) is 2.61. The van der Waals surface area contributed by atoms with Crippen molar-refractivity contribution < 1.29 is 9.59 Å². The zero-order chi connectivity index (χ0) is 16.2. The number of hydrogen-bond acceptors (Lipinski definition) is 4. The van der Waals surface area contributed by atoms with E-state index >= 15 is 0 Å². The van der Waals surface area contributed by atoms with E-state index in [0.29, 0.717) is 37.4 Å². The van der Waals surface area contributed by atoms with E-state index in [9.17, 15) is 9.59 Å². The average molecular weight is 310 g/mol. The molecule has 1 aliphatic rings. The molecule has 2 heterocycles. The molecule has 1 aliphatic heterocycles. The van der Waals surface area contributed by atoms with Gasteiger partial charge < -0.3 is 9.80 Å². The third-order valence-corrected chi connectivity index (χ3v) is 3.90. The minimum atomic E-state index is -0.138. The lowest BCUT2D eigenvalue weighted by Gasteiger charge is -2.34. The summed E-state index contributed by atoms with van der Waals surface area (Å²) in [5.41, 5.74) is 2.09. The summed E-state index contributed by atoms with van der Waals surface area (Å²) in [6.45, 7) is 4.03. The highest BCUT2D eigenvalue weighted by Gasteiger charge is 2.26. The molecule has 0 bridgehead atoms. The molecule has 0 spiro atoms. The van der Waals surface area contributed by atoms with Crippen molar-refractivity contribution in [2.45, 2.75) is 6.92 Å². The van der Waals surface area contributed by atoms with Gasteiger partial charge in [0.05, 0.1) is 6.20 Å². The Morgan fingerprint density at radius 2 is 1.70 bits per heavy atom. The fraction of sp³-hybridized carbons (Fsp3) is 0.294. The molecule has 1 fully saturated rings. The highest BCUT2D eigenvalue weighted by atomic mass is 16.2. The van der Waals surface area contributed by atoms with Crippen molar-refractivity contribution in [1.82, 2.24) is 19.8 Å². The fourth-order valence-electron chi connectivity index (χ4n) is 2.64. The summed E-state index contributed by atoms with van der Waals surface area (Å²) >= 11 is 0. The Labute approximate surface area is 134 Å². The van der Waals surface area contributed by atoms with Crippen molar-refractivity contribution in [3.05, 3.63) is 59.7 Å². The highest BCUT2D eigenvalue weighted by molar-refractivity contribution is 5.95. The molecule has 3 rings (SSSR count). The van der Waals surface area contributed by atoms with Crippen LogP contribution in [-0.4, -0.2) is 57.8 Å². The Balaban J connectivity index is 1.62. The number of carbonyl (C=O) groups is 2. The van der Waals surface area contributed by atoms with Gasteiger partial charge in [-0.25, -0.2) is 4.98 Å². The van der Waals surface area contributed by atoms with Crippen LogP contribution in [0.5, 0.6) is 0 Å². The van der Waals surface area contributed by atoms with Crippen LogP contribution in [0, 0.1) is 6.92 Å². The van der Waals surface area contributed by atoms with Crippen molar-refractivity contribution in [2.24, 2.45) is 0 Å². The number of piperazine rings is 1. The van der Waals surface area contributed by atoms with E-state index in [0.717, 1.165) is 5.56 Å². The Kier molecular flexibility index (Phi) is 4.32. The molecule has 0 unspecified atom stereocenters. The molecule has 0 aliphatic carbocycles. The Morgan fingerprint density at radius 1 is 1.00 bits per heavy atom. The number of aryl methyl sites for hydroxylation is 1. The van der Waals surface area contributed by atoms with Crippen molar-refractivity contribution in [2.75, 3.05) is 26.2 Å². The number of hydrogen-bond donors (Lipinski definition) is 0. The number of nitrogens with zero attached hydrogens (tertiary/aromatic N) is 4. The van der Waals surface area contributed by atoms with E-state index in [2.05, 4.69) is 9.97 Å². The van der Waals surface area contributed by atoms with Crippen LogP contribution in [0.15, 0.2) is 42.9 Å². The SMILES string of the molecule is Cc1cccc(C(=O)N2CCN(C(=O)c3cnccn3)CC2)c1. The van der Waals surface area contributed by atoms with Crippen molar-refractivity contribution in [3.63, 3.8) is 0 Å². The van der Waals surface area contributed by atoms with Crippen molar-refractivity contribution >= 4 is 11.8 Å². The van der Waals surface area contributed by atoms with Gasteiger partial charge in [-0.2, -0.15) is 0 Å². The first-order chi connectivity index (χ1) is 11.1. The standard InChI is InChI=1S/C17H18N4O2/c1-13-3-2-4-14(11-13)16(22)20-7-9-21(10-8-20)17(23)15-12-18-5-6-19-15/h2-6,11-12H,7-10H2,1H3. The first-order valence-corrected chi connectivity index (χ1v) is 7.56. The van der Waals surface area contributed by atoms with Gasteiger partial charge in [-0.1, -0.05) is 17.7 Å². The summed E-state index contributed by atoms with van der Waals surface area (Å²) < 4.78 is 0. The molecule has 0 atom stereocenters. The summed E-state index contributed by atoms with van der Waals surface area (Å²) in [6.07, 6.45) is 4.51. The summed E-state index contributed by atoms with van der Waals surface area (Å²) in [4.78, 5) is 36.3. The maximum atomic E-state index is 12.5. The van der Waals surface area contributed by atoms with Crippen molar-refractivity contribution in [1.29, 1.82) is 0 Å². The van der Waals surface area contributed by atoms with Crippen LogP contribution in [0.1, 0.15) is 26.4 Å². The topological polar surface area (TPSA) is 66.4 Å². The monoisotopic (exact) mass is 310 g/mol. The van der Waals surface area contributed by atoms with E-state index < -0.39 is 0 Å². The molecule has 6 heteroatoms. The van der Waals surface area contributed by atoms with Crippen LogP contribution >= 0.6 is 0 Å². The molecule has 0 saturated carbocycles. The van der Waals surface area contributed by atoms with Gasteiger partial charge in [-0.3, -0.25) is 14.6 Å². The molecule has 1 saturated heterocycles. The highest BCUT2D eigenvalue weighted by Crippen LogP contribution is 2.12. The molecule has 1 aromatic carbocycles. The predicted octanol–water partition coefficient (Wildman–Crippen LogP) is 1.38. The zero-order valence-electron chi connectivity index (χ0n) is 13.0. The molecular formula is C17H18N4O2. The minimum absolute atomic E-state index is 0.0142. The van der Waals surface area contributed by atoms with Gasteiger partial charge in [-0.05, 0) is 19.1 Å². The summed E-state index contributed by atoms with van der Waals surface area (Å²) in [7, 11) is 0. The smallest absolute Gasteiger partial charge is 0.274 e. The first-order valence-electron chi connectivity index (χ1n) is 7.56. The molecule has 0 N–H and O–H groups in total. The van der Waals surface area contributed by atoms with E-state index in [-0.39, 0.29) is 11.8 Å². The van der Waals surface area contributed by atoms with Gasteiger partial charge in [0.25, 0.3) is 11.8 Å². The van der Waals surface area contributed by atoms with Crippen molar-refractivity contribution in [3.8, 4) is 0 Å². The zero-order valence-corrected chi connectivity index (χ0v) is 13.0. The van der Waals surface area contributed by atoms with Gasteiger partial charge in [0.1, 0.15) is 5.69 Å². The first kappa shape index (κ1) is 15.1. The predicted molar refractivity (Wildman–Crippen MR) is 85.0 cm³/mol. The van der Waals surface area contributed by atoms with E-state index in [4.69, 9.17) is 0 Å². The van der Waals surface area contributed by atoms with E-state index in [1.54, 1.807) is 9.80 Å². The second-order valence-electron chi connectivity index (χ2n) is 5.54. The Morgan fingerprint density at radius 3 is 2.30 bits per heavy atom. The number of benzene rings is 1. The van der Waals surface area contributed by atoms with Gasteiger partial charge in [-0.15, -0.1) is 0 Å². The van der Waals surface area contributed by atoms with Gasteiger partial charge >= 0.3 is 0 Å². The van der Waals surface area contributed by atoms with Crippen LogP contribution in [0.25, 0.3) is 0 Å². The lowest BCUT2D eigenvalue weighted by atomic mass is 10.1. The molecule has 2 amide bonds. The molecule has 1 aromatic heterocycles.